The van der Waals surface area contributed by atoms with Gasteiger partial charge < -0.3 is 15.0 Å². The van der Waals surface area contributed by atoms with E-state index in [0.29, 0.717) is 30.3 Å². The third-order valence-corrected chi connectivity index (χ3v) is 5.91. The second kappa shape index (κ2) is 9.31. The van der Waals surface area contributed by atoms with E-state index in [2.05, 4.69) is 34.6 Å². The minimum Gasteiger partial charge on any atom is -0.482 e. The van der Waals surface area contributed by atoms with E-state index in [0.717, 1.165) is 28.9 Å². The molecule has 1 aliphatic rings. The highest BCUT2D eigenvalue weighted by molar-refractivity contribution is 7.14. The van der Waals surface area contributed by atoms with Gasteiger partial charge in [0.05, 0.1) is 11.4 Å². The molecule has 0 bridgehead atoms. The summed E-state index contributed by atoms with van der Waals surface area (Å²) in [4.78, 5) is 30.9. The lowest BCUT2D eigenvalue weighted by Gasteiger charge is -2.29. The molecular formula is C24H25N3O3S. The number of thiazole rings is 1. The standard InChI is InChI=1S/C24H25N3O3S/c1-3-12-27-20-13-18(9-10-21(20)30-14-23(27)29)19-15-31-24(25-19)26-22(28)11-8-17-6-4-16(2)5-7-17/h4-7,9-10,13,15H,3,8,11-12,14H2,1-2H3,(H,25,26,28). The lowest BCUT2D eigenvalue weighted by atomic mass is 10.1. The van der Waals surface area contributed by atoms with Crippen molar-refractivity contribution in [3.05, 3.63) is 59.0 Å². The van der Waals surface area contributed by atoms with Gasteiger partial charge in [-0.15, -0.1) is 11.3 Å². The van der Waals surface area contributed by atoms with E-state index in [1.54, 1.807) is 4.90 Å². The van der Waals surface area contributed by atoms with Crippen LogP contribution in [0.25, 0.3) is 11.3 Å². The summed E-state index contributed by atoms with van der Waals surface area (Å²) in [5.41, 5.74) is 4.76. The van der Waals surface area contributed by atoms with Crippen LogP contribution in [0.4, 0.5) is 10.8 Å². The fourth-order valence-corrected chi connectivity index (χ4v) is 4.22. The summed E-state index contributed by atoms with van der Waals surface area (Å²) in [6, 6.07) is 13.9. The number of nitrogens with zero attached hydrogens (tertiary/aromatic N) is 2. The second-order valence-corrected chi connectivity index (χ2v) is 8.45. The van der Waals surface area contributed by atoms with E-state index in [-0.39, 0.29) is 18.4 Å². The first-order valence-electron chi connectivity index (χ1n) is 10.4. The van der Waals surface area contributed by atoms with E-state index in [1.807, 2.05) is 37.4 Å². The van der Waals surface area contributed by atoms with Crippen LogP contribution in [0.5, 0.6) is 5.75 Å². The van der Waals surface area contributed by atoms with E-state index < -0.39 is 0 Å². The number of hydrogen-bond donors (Lipinski definition) is 1. The number of amides is 2. The molecule has 2 amide bonds. The number of anilines is 2. The number of carbonyl (C=O) groups is 2. The Balaban J connectivity index is 1.43. The Morgan fingerprint density at radius 3 is 2.81 bits per heavy atom. The number of aromatic nitrogens is 1. The Morgan fingerprint density at radius 2 is 2.03 bits per heavy atom. The van der Waals surface area contributed by atoms with Crippen LogP contribution in [0.2, 0.25) is 0 Å². The van der Waals surface area contributed by atoms with Crippen molar-refractivity contribution in [2.24, 2.45) is 0 Å². The third kappa shape index (κ3) is 4.94. The SMILES string of the molecule is CCCN1C(=O)COc2ccc(-c3csc(NC(=O)CCc4ccc(C)cc4)n3)cc21. The van der Waals surface area contributed by atoms with Gasteiger partial charge in [0.15, 0.2) is 11.7 Å². The van der Waals surface area contributed by atoms with Crippen LogP contribution in [0.3, 0.4) is 0 Å². The Morgan fingerprint density at radius 1 is 1.23 bits per heavy atom. The van der Waals surface area contributed by atoms with Gasteiger partial charge in [0, 0.05) is 23.9 Å². The second-order valence-electron chi connectivity index (χ2n) is 7.59. The Bertz CT molecular complexity index is 1090. The summed E-state index contributed by atoms with van der Waals surface area (Å²) in [5, 5.41) is 5.37. The number of aryl methyl sites for hydroxylation is 2. The molecular weight excluding hydrogens is 410 g/mol. The van der Waals surface area contributed by atoms with Gasteiger partial charge in [-0.2, -0.15) is 0 Å². The number of rotatable bonds is 7. The summed E-state index contributed by atoms with van der Waals surface area (Å²) in [5.74, 6) is 0.614. The monoisotopic (exact) mass is 435 g/mol. The van der Waals surface area contributed by atoms with E-state index in [4.69, 9.17) is 4.74 Å². The molecule has 160 valence electrons. The first-order chi connectivity index (χ1) is 15.0. The molecule has 7 heteroatoms. The molecule has 31 heavy (non-hydrogen) atoms. The van der Waals surface area contributed by atoms with E-state index >= 15 is 0 Å². The van der Waals surface area contributed by atoms with Gasteiger partial charge in [0.25, 0.3) is 5.91 Å². The molecule has 0 atom stereocenters. The van der Waals surface area contributed by atoms with Crippen LogP contribution in [-0.2, 0) is 16.0 Å². The highest BCUT2D eigenvalue weighted by Crippen LogP contribution is 2.36. The predicted molar refractivity (Wildman–Crippen MR) is 124 cm³/mol. The number of hydrogen-bond acceptors (Lipinski definition) is 5. The van der Waals surface area contributed by atoms with Crippen LogP contribution >= 0.6 is 11.3 Å². The van der Waals surface area contributed by atoms with Crippen molar-refractivity contribution in [3.63, 3.8) is 0 Å². The molecule has 2 heterocycles. The van der Waals surface area contributed by atoms with Crippen molar-refractivity contribution in [1.29, 1.82) is 0 Å². The number of fused-ring (bicyclic) bond motifs is 1. The summed E-state index contributed by atoms with van der Waals surface area (Å²) in [6.07, 6.45) is 1.96. The summed E-state index contributed by atoms with van der Waals surface area (Å²) >= 11 is 1.39. The maximum Gasteiger partial charge on any atom is 0.265 e. The van der Waals surface area contributed by atoms with Gasteiger partial charge in [-0.3, -0.25) is 9.59 Å². The molecule has 4 rings (SSSR count). The molecule has 0 spiro atoms. The summed E-state index contributed by atoms with van der Waals surface area (Å²) < 4.78 is 5.56. The Kier molecular flexibility index (Phi) is 6.32. The lowest BCUT2D eigenvalue weighted by Crippen LogP contribution is -2.39. The zero-order chi connectivity index (χ0) is 21.8. The first-order valence-corrected chi connectivity index (χ1v) is 11.3. The molecule has 2 aromatic carbocycles. The average Bonchev–Trinajstić information content (AvgIpc) is 3.23. The topological polar surface area (TPSA) is 71.5 Å². The molecule has 0 saturated carbocycles. The van der Waals surface area contributed by atoms with Crippen molar-refractivity contribution in [2.75, 3.05) is 23.4 Å². The molecule has 1 aliphatic heterocycles. The molecule has 1 N–H and O–H groups in total. The van der Waals surface area contributed by atoms with E-state index in [1.165, 1.54) is 16.9 Å². The number of nitrogens with one attached hydrogen (secondary N) is 1. The van der Waals surface area contributed by atoms with Gasteiger partial charge >= 0.3 is 0 Å². The van der Waals surface area contributed by atoms with Gasteiger partial charge in [-0.05, 0) is 43.5 Å². The zero-order valence-corrected chi connectivity index (χ0v) is 18.5. The van der Waals surface area contributed by atoms with Gasteiger partial charge in [0.2, 0.25) is 5.91 Å². The van der Waals surface area contributed by atoms with Crippen molar-refractivity contribution in [3.8, 4) is 17.0 Å². The summed E-state index contributed by atoms with van der Waals surface area (Å²) in [6.45, 7) is 4.81. The molecule has 6 nitrogen and oxygen atoms in total. The molecule has 0 radical (unpaired) electrons. The molecule has 0 fully saturated rings. The van der Waals surface area contributed by atoms with Crippen LogP contribution in [-0.4, -0.2) is 29.9 Å². The smallest absolute Gasteiger partial charge is 0.265 e. The highest BCUT2D eigenvalue weighted by Gasteiger charge is 2.25. The normalized spacial score (nSPS) is 13.0. The number of carbonyl (C=O) groups excluding carboxylic acids is 2. The largest absolute Gasteiger partial charge is 0.482 e. The van der Waals surface area contributed by atoms with Gasteiger partial charge in [-0.1, -0.05) is 36.8 Å². The van der Waals surface area contributed by atoms with Crippen molar-refractivity contribution in [2.45, 2.75) is 33.1 Å². The third-order valence-electron chi connectivity index (χ3n) is 5.16. The van der Waals surface area contributed by atoms with Gasteiger partial charge in [0.1, 0.15) is 5.75 Å². The minimum atomic E-state index is -0.0555. The van der Waals surface area contributed by atoms with Crippen molar-refractivity contribution in [1.82, 2.24) is 4.98 Å². The maximum absolute atomic E-state index is 12.3. The molecule has 0 saturated heterocycles. The van der Waals surface area contributed by atoms with Gasteiger partial charge in [-0.25, -0.2) is 4.98 Å². The number of benzene rings is 2. The van der Waals surface area contributed by atoms with Crippen molar-refractivity contribution >= 4 is 34.0 Å². The maximum atomic E-state index is 12.3. The fraction of sp³-hybridized carbons (Fsp3) is 0.292. The Hall–Kier alpha value is -3.19. The zero-order valence-electron chi connectivity index (χ0n) is 17.7. The van der Waals surface area contributed by atoms with Crippen LogP contribution in [0.1, 0.15) is 30.9 Å². The predicted octanol–water partition coefficient (Wildman–Crippen LogP) is 4.83. The molecule has 1 aromatic heterocycles. The minimum absolute atomic E-state index is 0.0358. The van der Waals surface area contributed by atoms with E-state index in [9.17, 15) is 9.59 Å². The quantitative estimate of drug-likeness (QED) is 0.577. The molecule has 0 unspecified atom stereocenters. The molecule has 3 aromatic rings. The van der Waals surface area contributed by atoms with Crippen molar-refractivity contribution < 1.29 is 14.3 Å². The summed E-state index contributed by atoms with van der Waals surface area (Å²) in [7, 11) is 0. The first kappa shape index (κ1) is 21.1. The van der Waals surface area contributed by atoms with Crippen LogP contribution in [0, 0.1) is 6.92 Å². The average molecular weight is 436 g/mol. The van der Waals surface area contributed by atoms with Crippen LogP contribution < -0.4 is 15.0 Å². The molecule has 0 aliphatic carbocycles. The van der Waals surface area contributed by atoms with Crippen LogP contribution in [0.15, 0.2) is 47.8 Å². The lowest BCUT2D eigenvalue weighted by molar-refractivity contribution is -0.121. The fourth-order valence-electron chi connectivity index (χ4n) is 3.49. The number of ether oxygens (including phenoxy) is 1. The Labute approximate surface area is 185 Å². The highest BCUT2D eigenvalue weighted by atomic mass is 32.1.